The van der Waals surface area contributed by atoms with E-state index in [2.05, 4.69) is 12.8 Å². The summed E-state index contributed by atoms with van der Waals surface area (Å²) >= 11 is 4.04. The summed E-state index contributed by atoms with van der Waals surface area (Å²) in [5, 5.41) is 0. The Kier molecular flexibility index (Phi) is 3.44. The van der Waals surface area contributed by atoms with Gasteiger partial charge in [0.05, 0.1) is 5.69 Å². The molecule has 0 N–H and O–H groups in total. The smallest absolute Gasteiger partial charge is 0.268 e. The molecule has 0 atom stereocenters. The van der Waals surface area contributed by atoms with Crippen LogP contribution in [-0.2, 0) is 0 Å². The molecule has 2 nitrogen and oxygen atoms in total. The van der Waals surface area contributed by atoms with Crippen molar-refractivity contribution in [2.24, 2.45) is 0 Å². The minimum Gasteiger partial charge on any atom is -0.268 e. The lowest BCUT2D eigenvalue weighted by Crippen LogP contribution is -2.21. The summed E-state index contributed by atoms with van der Waals surface area (Å²) in [7, 11) is 0. The summed E-state index contributed by atoms with van der Waals surface area (Å²) in [6.07, 6.45) is 0. The van der Waals surface area contributed by atoms with E-state index >= 15 is 0 Å². The molecule has 0 unspecified atom stereocenters. The quantitative estimate of drug-likeness (QED) is 0.807. The highest BCUT2D eigenvalue weighted by atomic mass is 32.1. The molecule has 0 bridgehead atoms. The van der Waals surface area contributed by atoms with Gasteiger partial charge >= 0.3 is 0 Å². The second-order valence-corrected chi connectivity index (χ2v) is 3.83. The summed E-state index contributed by atoms with van der Waals surface area (Å²) in [4.78, 5) is 12.0. The van der Waals surface area contributed by atoms with Gasteiger partial charge in [-0.2, -0.15) is 0 Å². The first-order chi connectivity index (χ1) is 8.20. The molecule has 0 aliphatic rings. The van der Waals surface area contributed by atoms with Crippen molar-refractivity contribution in [3.63, 3.8) is 0 Å². The molecule has 1 amide bonds. The first kappa shape index (κ1) is 11.7. The Bertz CT molecular complexity index is 530. The van der Waals surface area contributed by atoms with E-state index in [1.807, 2.05) is 6.07 Å². The standard InChI is InChI=1S/C13H10FNOS/c14-11-8-4-5-9-12(11)15(17)13(16)10-6-2-1-3-7-10/h1-9,17H. The van der Waals surface area contributed by atoms with Crippen molar-refractivity contribution in [2.75, 3.05) is 4.31 Å². The number of rotatable bonds is 2. The maximum absolute atomic E-state index is 13.5. The van der Waals surface area contributed by atoms with E-state index < -0.39 is 5.82 Å². The third kappa shape index (κ3) is 2.47. The van der Waals surface area contributed by atoms with E-state index in [9.17, 15) is 9.18 Å². The second kappa shape index (κ2) is 5.01. The van der Waals surface area contributed by atoms with Crippen LogP contribution < -0.4 is 4.31 Å². The van der Waals surface area contributed by atoms with Gasteiger partial charge in [0.25, 0.3) is 5.91 Å². The predicted molar refractivity (Wildman–Crippen MR) is 68.6 cm³/mol. The Morgan fingerprint density at radius 2 is 1.59 bits per heavy atom. The minimum atomic E-state index is -0.480. The van der Waals surface area contributed by atoms with Gasteiger partial charge in [0.15, 0.2) is 0 Å². The lowest BCUT2D eigenvalue weighted by Gasteiger charge is -2.16. The van der Waals surface area contributed by atoms with E-state index in [1.165, 1.54) is 12.1 Å². The average molecular weight is 247 g/mol. The van der Waals surface area contributed by atoms with Gasteiger partial charge in [0.2, 0.25) is 0 Å². The molecule has 4 heteroatoms. The maximum atomic E-state index is 13.5. The highest BCUT2D eigenvalue weighted by Crippen LogP contribution is 2.22. The number of thiol groups is 1. The number of hydrogen-bond acceptors (Lipinski definition) is 2. The zero-order valence-corrected chi connectivity index (χ0v) is 9.77. The number of anilines is 1. The molecule has 0 aliphatic carbocycles. The molecule has 2 aromatic carbocycles. The van der Waals surface area contributed by atoms with Crippen LogP contribution in [0.25, 0.3) is 0 Å². The molecule has 0 aromatic heterocycles. The molecule has 0 spiro atoms. The number of carbonyl (C=O) groups is 1. The fraction of sp³-hybridized carbons (Fsp3) is 0. The lowest BCUT2D eigenvalue weighted by molar-refractivity contribution is 0.101. The minimum absolute atomic E-state index is 0.143. The van der Waals surface area contributed by atoms with E-state index in [4.69, 9.17) is 0 Å². The predicted octanol–water partition coefficient (Wildman–Crippen LogP) is 3.32. The SMILES string of the molecule is O=C(c1ccccc1)N(S)c1ccccc1F. The molecule has 0 heterocycles. The summed E-state index contributed by atoms with van der Waals surface area (Å²) in [5.41, 5.74) is 0.607. The van der Waals surface area contributed by atoms with Crippen LogP contribution in [0.15, 0.2) is 54.6 Å². The van der Waals surface area contributed by atoms with Gasteiger partial charge in [-0.05, 0) is 24.3 Å². The molecule has 0 saturated carbocycles. The Morgan fingerprint density at radius 3 is 2.24 bits per heavy atom. The van der Waals surface area contributed by atoms with Crippen LogP contribution in [0.3, 0.4) is 0 Å². The van der Waals surface area contributed by atoms with Crippen LogP contribution in [0.1, 0.15) is 10.4 Å². The summed E-state index contributed by atoms with van der Waals surface area (Å²) in [5.74, 6) is -0.842. The number of hydrogen-bond donors (Lipinski definition) is 1. The highest BCUT2D eigenvalue weighted by molar-refractivity contribution is 7.82. The van der Waals surface area contributed by atoms with Gasteiger partial charge in [-0.15, -0.1) is 0 Å². The summed E-state index contributed by atoms with van der Waals surface area (Å²) in [6, 6.07) is 14.6. The van der Waals surface area contributed by atoms with Crippen LogP contribution in [0.4, 0.5) is 10.1 Å². The van der Waals surface area contributed by atoms with Crippen LogP contribution in [-0.4, -0.2) is 5.91 Å². The van der Waals surface area contributed by atoms with Crippen molar-refractivity contribution in [1.29, 1.82) is 0 Å². The molecular formula is C13H10FNOS. The average Bonchev–Trinajstić information content (AvgIpc) is 2.39. The van der Waals surface area contributed by atoms with Gasteiger partial charge in [-0.3, -0.25) is 4.79 Å². The Labute approximate surface area is 104 Å². The van der Waals surface area contributed by atoms with E-state index in [-0.39, 0.29) is 11.6 Å². The van der Waals surface area contributed by atoms with Crippen molar-refractivity contribution in [2.45, 2.75) is 0 Å². The Balaban J connectivity index is 2.30. The zero-order valence-electron chi connectivity index (χ0n) is 8.88. The van der Waals surface area contributed by atoms with Gasteiger partial charge in [-0.1, -0.05) is 43.1 Å². The van der Waals surface area contributed by atoms with Crippen LogP contribution in [0.5, 0.6) is 0 Å². The van der Waals surface area contributed by atoms with Gasteiger partial charge < -0.3 is 0 Å². The van der Waals surface area contributed by atoms with Crippen LogP contribution >= 0.6 is 12.8 Å². The summed E-state index contributed by atoms with van der Waals surface area (Å²) in [6.45, 7) is 0. The van der Waals surface area contributed by atoms with Gasteiger partial charge in [0.1, 0.15) is 5.82 Å². The molecule has 0 radical (unpaired) electrons. The normalized spacial score (nSPS) is 10.0. The van der Waals surface area contributed by atoms with Crippen molar-refractivity contribution < 1.29 is 9.18 Å². The Hall–Kier alpha value is -1.81. The molecular weight excluding hydrogens is 237 g/mol. The molecule has 0 aliphatic heterocycles. The lowest BCUT2D eigenvalue weighted by atomic mass is 10.2. The molecule has 0 saturated heterocycles. The first-order valence-corrected chi connectivity index (χ1v) is 5.43. The molecule has 2 aromatic rings. The monoisotopic (exact) mass is 247 g/mol. The third-order valence-electron chi connectivity index (χ3n) is 2.29. The topological polar surface area (TPSA) is 20.3 Å². The first-order valence-electron chi connectivity index (χ1n) is 5.03. The van der Waals surface area contributed by atoms with Crippen molar-refractivity contribution in [3.8, 4) is 0 Å². The zero-order chi connectivity index (χ0) is 12.3. The van der Waals surface area contributed by atoms with Crippen molar-refractivity contribution in [1.82, 2.24) is 0 Å². The van der Waals surface area contributed by atoms with E-state index in [0.29, 0.717) is 5.56 Å². The van der Waals surface area contributed by atoms with E-state index in [1.54, 1.807) is 36.4 Å². The van der Waals surface area contributed by atoms with Gasteiger partial charge in [-0.25, -0.2) is 8.70 Å². The Morgan fingerprint density at radius 1 is 1.00 bits per heavy atom. The molecule has 0 fully saturated rings. The highest BCUT2D eigenvalue weighted by Gasteiger charge is 2.16. The van der Waals surface area contributed by atoms with Crippen molar-refractivity contribution in [3.05, 3.63) is 66.0 Å². The van der Waals surface area contributed by atoms with Crippen LogP contribution in [0, 0.1) is 5.82 Å². The number of para-hydroxylation sites is 1. The molecule has 17 heavy (non-hydrogen) atoms. The third-order valence-corrected chi connectivity index (χ3v) is 2.69. The number of nitrogens with zero attached hydrogens (tertiary/aromatic N) is 1. The largest absolute Gasteiger partial charge is 0.268 e. The summed E-state index contributed by atoms with van der Waals surface area (Å²) < 4.78 is 14.5. The van der Waals surface area contributed by atoms with Crippen LogP contribution in [0.2, 0.25) is 0 Å². The fourth-order valence-corrected chi connectivity index (χ4v) is 1.71. The molecule has 2 rings (SSSR count). The van der Waals surface area contributed by atoms with Crippen molar-refractivity contribution >= 4 is 24.4 Å². The van der Waals surface area contributed by atoms with E-state index in [0.717, 1.165) is 4.31 Å². The molecule has 86 valence electrons. The number of halogens is 1. The number of benzene rings is 2. The number of amides is 1. The van der Waals surface area contributed by atoms with Gasteiger partial charge in [0, 0.05) is 5.56 Å². The maximum Gasteiger partial charge on any atom is 0.268 e. The number of carbonyl (C=O) groups excluding carboxylic acids is 1. The fourth-order valence-electron chi connectivity index (χ4n) is 1.44. The second-order valence-electron chi connectivity index (χ2n) is 3.43.